The molecule has 0 saturated heterocycles. The Morgan fingerprint density at radius 1 is 1.06 bits per heavy atom. The van der Waals surface area contributed by atoms with Crippen LogP contribution >= 0.6 is 0 Å². The molecule has 2 aromatic carbocycles. The first-order valence-corrected chi connectivity index (χ1v) is 11.2. The average Bonchev–Trinajstić information content (AvgIpc) is 2.64. The fourth-order valence-corrected chi connectivity index (χ4v) is 3.93. The van der Waals surface area contributed by atoms with Crippen molar-refractivity contribution in [1.82, 2.24) is 0 Å². The topological polar surface area (TPSA) is 49.3 Å². The third-order valence-electron chi connectivity index (χ3n) is 5.69. The maximum Gasteiger partial charge on any atom is 0.224 e. The predicted octanol–water partition coefficient (Wildman–Crippen LogP) is 7.22. The summed E-state index contributed by atoms with van der Waals surface area (Å²) >= 11 is 0. The van der Waals surface area contributed by atoms with Gasteiger partial charge in [-0.25, -0.2) is 0 Å². The minimum absolute atomic E-state index is 0.00194. The average molecular weight is 422 g/mol. The minimum Gasteiger partial charge on any atom is -0.507 e. The fraction of sp³-hybridized carbons (Fsp3) is 0.464. The van der Waals surface area contributed by atoms with E-state index in [9.17, 15) is 9.90 Å². The number of hydrogen-bond donors (Lipinski definition) is 2. The maximum absolute atomic E-state index is 12.7. The summed E-state index contributed by atoms with van der Waals surface area (Å²) in [6, 6.07) is 8.57. The Labute approximate surface area is 188 Å². The van der Waals surface area contributed by atoms with Gasteiger partial charge in [0.1, 0.15) is 5.75 Å². The quantitative estimate of drug-likeness (QED) is 0.366. The molecule has 0 atom stereocenters. The molecule has 2 N–H and O–H groups in total. The van der Waals surface area contributed by atoms with E-state index in [1.165, 1.54) is 5.56 Å². The Balaban J connectivity index is 2.53. The lowest BCUT2D eigenvalue weighted by molar-refractivity contribution is -0.117. The number of phenols is 1. The molecule has 0 saturated carbocycles. The molecule has 0 fully saturated rings. The van der Waals surface area contributed by atoms with Gasteiger partial charge in [0.25, 0.3) is 0 Å². The van der Waals surface area contributed by atoms with E-state index in [2.05, 4.69) is 70.8 Å². The highest BCUT2D eigenvalue weighted by Gasteiger charge is 2.22. The van der Waals surface area contributed by atoms with Crippen LogP contribution in [0.2, 0.25) is 0 Å². The van der Waals surface area contributed by atoms with Gasteiger partial charge in [-0.15, -0.1) is 0 Å². The zero-order valence-electron chi connectivity index (χ0n) is 20.6. The van der Waals surface area contributed by atoms with E-state index < -0.39 is 0 Å². The number of hydrogen-bond acceptors (Lipinski definition) is 2. The summed E-state index contributed by atoms with van der Waals surface area (Å²) in [4.78, 5) is 12.7. The molecule has 1 amide bonds. The van der Waals surface area contributed by atoms with Crippen molar-refractivity contribution in [2.75, 3.05) is 5.32 Å². The van der Waals surface area contributed by atoms with Crippen LogP contribution in [0.15, 0.2) is 36.4 Å². The highest BCUT2D eigenvalue weighted by atomic mass is 16.3. The van der Waals surface area contributed by atoms with Gasteiger partial charge in [0.15, 0.2) is 0 Å². The molecule has 0 aromatic heterocycles. The first-order valence-electron chi connectivity index (χ1n) is 11.2. The van der Waals surface area contributed by atoms with Gasteiger partial charge in [-0.2, -0.15) is 0 Å². The molecular weight excluding hydrogens is 382 g/mol. The number of nitrogens with one attached hydrogen (secondary N) is 1. The van der Waals surface area contributed by atoms with Gasteiger partial charge >= 0.3 is 0 Å². The lowest BCUT2D eigenvalue weighted by Crippen LogP contribution is -2.21. The molecule has 0 radical (unpaired) electrons. The number of anilines is 1. The Morgan fingerprint density at radius 3 is 2.10 bits per heavy atom. The van der Waals surface area contributed by atoms with E-state index in [1.807, 2.05) is 20.8 Å². The molecule has 31 heavy (non-hydrogen) atoms. The van der Waals surface area contributed by atoms with E-state index in [-0.39, 0.29) is 11.3 Å². The molecule has 168 valence electrons. The van der Waals surface area contributed by atoms with Crippen LogP contribution in [-0.4, -0.2) is 11.0 Å². The van der Waals surface area contributed by atoms with Crippen molar-refractivity contribution in [2.45, 2.75) is 80.6 Å². The van der Waals surface area contributed by atoms with Gasteiger partial charge < -0.3 is 10.4 Å². The number of phenolic OH excluding ortho intramolecular Hbond substituents is 1. The summed E-state index contributed by atoms with van der Waals surface area (Å²) < 4.78 is 0. The first-order chi connectivity index (χ1) is 14.3. The molecule has 0 aliphatic carbocycles. The second-order valence-corrected chi connectivity index (χ2v) is 10.4. The lowest BCUT2D eigenvalue weighted by Gasteiger charge is -2.23. The summed E-state index contributed by atoms with van der Waals surface area (Å²) in [5.74, 6) is 0.799. The van der Waals surface area contributed by atoms with Crippen LogP contribution in [0.3, 0.4) is 0 Å². The molecule has 0 spiro atoms. The Morgan fingerprint density at radius 2 is 1.61 bits per heavy atom. The number of allylic oxidation sites excluding steroid dienone is 1. The molecule has 2 aromatic rings. The van der Waals surface area contributed by atoms with Crippen LogP contribution in [0, 0.1) is 19.3 Å². The van der Waals surface area contributed by atoms with Crippen molar-refractivity contribution in [3.63, 3.8) is 0 Å². The molecule has 2 rings (SSSR count). The summed E-state index contributed by atoms with van der Waals surface area (Å²) in [6.45, 7) is 20.5. The Bertz CT molecular complexity index is 960. The number of aromatic hydroxyl groups is 1. The van der Waals surface area contributed by atoms with Crippen LogP contribution in [-0.2, 0) is 17.6 Å². The van der Waals surface area contributed by atoms with E-state index in [1.54, 1.807) is 0 Å². The number of rotatable bonds is 7. The van der Waals surface area contributed by atoms with Gasteiger partial charge in [-0.1, -0.05) is 71.0 Å². The van der Waals surface area contributed by atoms with Crippen LogP contribution < -0.4 is 5.32 Å². The van der Waals surface area contributed by atoms with Gasteiger partial charge in [0, 0.05) is 29.7 Å². The zero-order valence-corrected chi connectivity index (χ0v) is 20.6. The SMILES string of the molecule is C=C(C)Cc1c(C)c(NC(=O)CC(C)(C)C)c(C)c(Cc2ccc(C(C)C)cc2)c1O. The van der Waals surface area contributed by atoms with Gasteiger partial charge in [-0.05, 0) is 60.8 Å². The molecular formula is C28H39NO2. The summed E-state index contributed by atoms with van der Waals surface area (Å²) in [5.41, 5.74) is 7.69. The van der Waals surface area contributed by atoms with E-state index in [0.717, 1.165) is 39.1 Å². The molecule has 0 aliphatic rings. The number of carbonyl (C=O) groups excluding carboxylic acids is 1. The number of benzene rings is 2. The monoisotopic (exact) mass is 421 g/mol. The number of amides is 1. The van der Waals surface area contributed by atoms with E-state index in [4.69, 9.17) is 0 Å². The van der Waals surface area contributed by atoms with Gasteiger partial charge in [0.2, 0.25) is 5.91 Å². The lowest BCUT2D eigenvalue weighted by atomic mass is 9.88. The highest BCUT2D eigenvalue weighted by Crippen LogP contribution is 2.39. The summed E-state index contributed by atoms with van der Waals surface area (Å²) in [5, 5.41) is 14.3. The van der Waals surface area contributed by atoms with Crippen molar-refractivity contribution in [3.8, 4) is 5.75 Å². The van der Waals surface area contributed by atoms with Crippen molar-refractivity contribution in [1.29, 1.82) is 0 Å². The van der Waals surface area contributed by atoms with E-state index in [0.29, 0.717) is 30.9 Å². The van der Waals surface area contributed by atoms with Crippen LogP contribution in [0.5, 0.6) is 5.75 Å². The van der Waals surface area contributed by atoms with E-state index >= 15 is 0 Å². The molecule has 0 bridgehead atoms. The van der Waals surface area contributed by atoms with Crippen LogP contribution in [0.25, 0.3) is 0 Å². The van der Waals surface area contributed by atoms with Crippen molar-refractivity contribution in [3.05, 3.63) is 69.8 Å². The Kier molecular flexibility index (Phi) is 7.75. The molecule has 0 unspecified atom stereocenters. The molecule has 0 aliphatic heterocycles. The molecule has 0 heterocycles. The standard InChI is InChI=1S/C28H39NO2/c1-17(2)14-23-19(5)26(29-25(30)16-28(7,8)9)20(6)24(27(23)31)15-21-10-12-22(13-11-21)18(3)4/h10-13,18,31H,1,14-16H2,2-9H3,(H,29,30). The normalized spacial score (nSPS) is 11.6. The number of carbonyl (C=O) groups is 1. The second-order valence-electron chi connectivity index (χ2n) is 10.4. The maximum atomic E-state index is 12.7. The molecule has 3 heteroatoms. The largest absolute Gasteiger partial charge is 0.507 e. The van der Waals surface area contributed by atoms with Gasteiger partial charge in [-0.3, -0.25) is 4.79 Å². The van der Waals surface area contributed by atoms with Crippen molar-refractivity contribution in [2.24, 2.45) is 5.41 Å². The highest BCUT2D eigenvalue weighted by molar-refractivity contribution is 5.93. The second kappa shape index (κ2) is 9.72. The van der Waals surface area contributed by atoms with Crippen LogP contribution in [0.1, 0.15) is 87.3 Å². The van der Waals surface area contributed by atoms with Gasteiger partial charge in [0.05, 0.1) is 0 Å². The first kappa shape index (κ1) is 24.7. The Hall–Kier alpha value is -2.55. The predicted molar refractivity (Wildman–Crippen MR) is 132 cm³/mol. The van der Waals surface area contributed by atoms with Crippen molar-refractivity contribution >= 4 is 11.6 Å². The minimum atomic E-state index is -0.0929. The smallest absolute Gasteiger partial charge is 0.224 e. The zero-order chi connectivity index (χ0) is 23.5. The van der Waals surface area contributed by atoms with Crippen LogP contribution in [0.4, 0.5) is 5.69 Å². The fourth-order valence-electron chi connectivity index (χ4n) is 3.93. The third kappa shape index (κ3) is 6.46. The molecule has 3 nitrogen and oxygen atoms in total. The summed E-state index contributed by atoms with van der Waals surface area (Å²) in [7, 11) is 0. The summed E-state index contributed by atoms with van der Waals surface area (Å²) in [6.07, 6.45) is 1.63. The third-order valence-corrected chi connectivity index (χ3v) is 5.69. The van der Waals surface area contributed by atoms with Crippen molar-refractivity contribution < 1.29 is 9.90 Å².